The maximum Gasteiger partial charge on any atom is 0.405 e. The zero-order valence-corrected chi connectivity index (χ0v) is 12.3. The third-order valence-electron chi connectivity index (χ3n) is 2.25. The van der Waals surface area contributed by atoms with Crippen LogP contribution in [-0.4, -0.2) is 32.3 Å². The third kappa shape index (κ3) is 5.79. The molecule has 0 bridgehead atoms. The summed E-state index contributed by atoms with van der Waals surface area (Å²) in [7, 11) is 1.75. The van der Waals surface area contributed by atoms with Crippen molar-refractivity contribution < 1.29 is 22.7 Å². The topological polar surface area (TPSA) is 50.4 Å². The number of carbonyl (C=O) groups is 1. The Hall–Kier alpha value is -1.28. The van der Waals surface area contributed by atoms with Crippen LogP contribution in [0.1, 0.15) is 5.56 Å². The van der Waals surface area contributed by atoms with E-state index in [0.717, 1.165) is 5.56 Å². The van der Waals surface area contributed by atoms with E-state index in [9.17, 15) is 18.0 Å². The Morgan fingerprint density at radius 2 is 2.10 bits per heavy atom. The maximum absolute atomic E-state index is 11.9. The molecule has 0 aromatic heterocycles. The van der Waals surface area contributed by atoms with Crippen LogP contribution < -0.4 is 15.4 Å². The van der Waals surface area contributed by atoms with Gasteiger partial charge in [0.15, 0.2) is 6.61 Å². The Morgan fingerprint density at radius 3 is 2.70 bits per heavy atom. The second-order valence-corrected chi connectivity index (χ2v) is 4.79. The van der Waals surface area contributed by atoms with E-state index in [4.69, 9.17) is 4.74 Å². The molecule has 0 aliphatic rings. The number of hydrogen-bond donors (Lipinski definition) is 2. The van der Waals surface area contributed by atoms with Gasteiger partial charge in [0.2, 0.25) is 0 Å². The predicted molar refractivity (Wildman–Crippen MR) is 71.5 cm³/mol. The highest BCUT2D eigenvalue weighted by Crippen LogP contribution is 2.29. The predicted octanol–water partition coefficient (Wildman–Crippen LogP) is 2.23. The normalized spacial score (nSPS) is 11.2. The van der Waals surface area contributed by atoms with Crippen LogP contribution in [0.4, 0.5) is 13.2 Å². The average Bonchev–Trinajstić information content (AvgIpc) is 2.35. The maximum atomic E-state index is 11.9. The lowest BCUT2D eigenvalue weighted by Crippen LogP contribution is -2.36. The highest BCUT2D eigenvalue weighted by Gasteiger charge is 2.27. The van der Waals surface area contributed by atoms with Gasteiger partial charge in [0, 0.05) is 12.1 Å². The minimum atomic E-state index is -4.43. The lowest BCUT2D eigenvalue weighted by atomic mass is 10.2. The molecule has 0 saturated heterocycles. The van der Waals surface area contributed by atoms with E-state index < -0.39 is 25.2 Å². The molecule has 1 aromatic rings. The standard InChI is InChI=1S/C12H14BrF3N2O2/c1-17-5-8-3-2-4-9(13)11(8)20-6-10(19)18-7-12(14,15)16/h2-4,17H,5-7H2,1H3,(H,18,19). The summed E-state index contributed by atoms with van der Waals surface area (Å²) in [6.45, 7) is -1.33. The monoisotopic (exact) mass is 354 g/mol. The highest BCUT2D eigenvalue weighted by molar-refractivity contribution is 9.10. The molecule has 0 unspecified atom stereocenters. The number of hydrogen-bond acceptors (Lipinski definition) is 3. The highest BCUT2D eigenvalue weighted by atomic mass is 79.9. The Kier molecular flexibility index (Phi) is 6.28. The van der Waals surface area contributed by atoms with Gasteiger partial charge in [-0.15, -0.1) is 0 Å². The second kappa shape index (κ2) is 7.49. The molecule has 0 aliphatic heterocycles. The molecule has 0 heterocycles. The molecular weight excluding hydrogens is 341 g/mol. The largest absolute Gasteiger partial charge is 0.482 e. The van der Waals surface area contributed by atoms with Crippen LogP contribution in [0.15, 0.2) is 22.7 Å². The molecule has 20 heavy (non-hydrogen) atoms. The van der Waals surface area contributed by atoms with Crippen molar-refractivity contribution in [2.75, 3.05) is 20.2 Å². The molecule has 0 fully saturated rings. The summed E-state index contributed by atoms with van der Waals surface area (Å²) in [5, 5.41) is 4.68. The smallest absolute Gasteiger partial charge is 0.405 e. The Balaban J connectivity index is 2.59. The molecule has 0 radical (unpaired) electrons. The number of ether oxygens (including phenoxy) is 1. The summed E-state index contributed by atoms with van der Waals surface area (Å²) in [6.07, 6.45) is -4.43. The molecule has 8 heteroatoms. The van der Waals surface area contributed by atoms with Gasteiger partial charge in [-0.05, 0) is 29.0 Å². The van der Waals surface area contributed by atoms with E-state index in [1.54, 1.807) is 30.6 Å². The number of carbonyl (C=O) groups excluding carboxylic acids is 1. The molecule has 4 nitrogen and oxygen atoms in total. The first-order chi connectivity index (χ1) is 9.33. The molecule has 2 N–H and O–H groups in total. The summed E-state index contributed by atoms with van der Waals surface area (Å²) in [5.41, 5.74) is 0.797. The lowest BCUT2D eigenvalue weighted by molar-refractivity contribution is -0.139. The van der Waals surface area contributed by atoms with Crippen LogP contribution in [0.2, 0.25) is 0 Å². The van der Waals surface area contributed by atoms with E-state index in [2.05, 4.69) is 21.2 Å². The van der Waals surface area contributed by atoms with E-state index in [1.807, 2.05) is 0 Å². The lowest BCUT2D eigenvalue weighted by Gasteiger charge is -2.13. The molecule has 1 amide bonds. The summed E-state index contributed by atoms with van der Waals surface area (Å²) in [6, 6.07) is 5.32. The fraction of sp³-hybridized carbons (Fsp3) is 0.417. The minimum Gasteiger partial charge on any atom is -0.482 e. The number of benzene rings is 1. The van der Waals surface area contributed by atoms with Crippen LogP contribution in [0.5, 0.6) is 5.75 Å². The van der Waals surface area contributed by atoms with Crippen LogP contribution in [0.25, 0.3) is 0 Å². The molecule has 0 saturated carbocycles. The molecular formula is C12H14BrF3N2O2. The molecule has 0 atom stereocenters. The van der Waals surface area contributed by atoms with Gasteiger partial charge >= 0.3 is 6.18 Å². The number of para-hydroxylation sites is 1. The summed E-state index contributed by atoms with van der Waals surface area (Å²) >= 11 is 3.27. The number of amides is 1. The van der Waals surface area contributed by atoms with Crippen LogP contribution in [0.3, 0.4) is 0 Å². The Bertz CT molecular complexity index is 467. The van der Waals surface area contributed by atoms with E-state index in [0.29, 0.717) is 16.8 Å². The van der Waals surface area contributed by atoms with Gasteiger partial charge in [0.25, 0.3) is 5.91 Å². The average molecular weight is 355 g/mol. The summed E-state index contributed by atoms with van der Waals surface area (Å²) in [4.78, 5) is 11.3. The molecule has 1 rings (SSSR count). The molecule has 1 aromatic carbocycles. The zero-order valence-electron chi connectivity index (χ0n) is 10.7. The summed E-state index contributed by atoms with van der Waals surface area (Å²) < 4.78 is 41.7. The van der Waals surface area contributed by atoms with Crippen molar-refractivity contribution in [1.29, 1.82) is 0 Å². The zero-order chi connectivity index (χ0) is 15.2. The first kappa shape index (κ1) is 16.8. The van der Waals surface area contributed by atoms with Crippen LogP contribution >= 0.6 is 15.9 Å². The van der Waals surface area contributed by atoms with Crippen molar-refractivity contribution in [2.24, 2.45) is 0 Å². The first-order valence-corrected chi connectivity index (χ1v) is 6.51. The van der Waals surface area contributed by atoms with E-state index in [1.165, 1.54) is 0 Å². The van der Waals surface area contributed by atoms with Crippen molar-refractivity contribution in [3.63, 3.8) is 0 Å². The van der Waals surface area contributed by atoms with Gasteiger partial charge in [-0.1, -0.05) is 12.1 Å². The minimum absolute atomic E-state index is 0.434. The Morgan fingerprint density at radius 1 is 1.40 bits per heavy atom. The van der Waals surface area contributed by atoms with Crippen molar-refractivity contribution in [3.8, 4) is 5.75 Å². The fourth-order valence-corrected chi connectivity index (χ4v) is 1.95. The van der Waals surface area contributed by atoms with Crippen molar-refractivity contribution >= 4 is 21.8 Å². The molecule has 0 spiro atoms. The van der Waals surface area contributed by atoms with Crippen LogP contribution in [0, 0.1) is 0 Å². The van der Waals surface area contributed by atoms with Gasteiger partial charge in [-0.2, -0.15) is 13.2 Å². The first-order valence-electron chi connectivity index (χ1n) is 5.71. The quantitative estimate of drug-likeness (QED) is 0.823. The van der Waals surface area contributed by atoms with Crippen molar-refractivity contribution in [2.45, 2.75) is 12.7 Å². The summed E-state index contributed by atoms with van der Waals surface area (Å²) in [5.74, 6) is -0.391. The number of nitrogens with one attached hydrogen (secondary N) is 2. The van der Waals surface area contributed by atoms with E-state index >= 15 is 0 Å². The number of rotatable bonds is 6. The van der Waals surface area contributed by atoms with E-state index in [-0.39, 0.29) is 0 Å². The van der Waals surface area contributed by atoms with Gasteiger partial charge in [0.1, 0.15) is 12.3 Å². The third-order valence-corrected chi connectivity index (χ3v) is 2.87. The fourth-order valence-electron chi connectivity index (χ4n) is 1.43. The molecule has 0 aliphatic carbocycles. The number of alkyl halides is 3. The van der Waals surface area contributed by atoms with Gasteiger partial charge in [-0.25, -0.2) is 0 Å². The van der Waals surface area contributed by atoms with Crippen LogP contribution in [-0.2, 0) is 11.3 Å². The Labute approximate surface area is 122 Å². The van der Waals surface area contributed by atoms with Gasteiger partial charge in [0.05, 0.1) is 4.47 Å². The molecule has 112 valence electrons. The number of halogens is 4. The van der Waals surface area contributed by atoms with Crippen molar-refractivity contribution in [3.05, 3.63) is 28.2 Å². The van der Waals surface area contributed by atoms with Gasteiger partial charge < -0.3 is 15.4 Å². The SMILES string of the molecule is CNCc1cccc(Br)c1OCC(=O)NCC(F)(F)F. The van der Waals surface area contributed by atoms with Crippen molar-refractivity contribution in [1.82, 2.24) is 10.6 Å². The second-order valence-electron chi connectivity index (χ2n) is 3.94. The van der Waals surface area contributed by atoms with Gasteiger partial charge in [-0.3, -0.25) is 4.79 Å².